The molecule has 39 heavy (non-hydrogen) atoms. The van der Waals surface area contributed by atoms with Crippen LogP contribution in [0.4, 0.5) is 13.2 Å². The highest BCUT2D eigenvalue weighted by atomic mass is 19.4. The summed E-state index contributed by atoms with van der Waals surface area (Å²) in [6.07, 6.45) is -3.10. The summed E-state index contributed by atoms with van der Waals surface area (Å²) in [6, 6.07) is 5.52. The van der Waals surface area contributed by atoms with Crippen LogP contribution >= 0.6 is 0 Å². The van der Waals surface area contributed by atoms with E-state index in [2.05, 4.69) is 16.8 Å². The number of halogens is 3. The van der Waals surface area contributed by atoms with Crippen LogP contribution in [0.3, 0.4) is 0 Å². The van der Waals surface area contributed by atoms with Gasteiger partial charge in [-0.05, 0) is 80.0 Å². The molecule has 9 heteroatoms. The zero-order valence-corrected chi connectivity index (χ0v) is 22.1. The van der Waals surface area contributed by atoms with Crippen LogP contribution in [0.1, 0.15) is 83.3 Å². The number of rotatable bonds is 4. The second-order valence-electron chi connectivity index (χ2n) is 10.5. The van der Waals surface area contributed by atoms with Gasteiger partial charge in [0.15, 0.2) is 5.78 Å². The summed E-state index contributed by atoms with van der Waals surface area (Å²) in [5.41, 5.74) is 1.62. The van der Waals surface area contributed by atoms with E-state index in [4.69, 9.17) is 0 Å². The van der Waals surface area contributed by atoms with Crippen LogP contribution in [0, 0.1) is 31.1 Å². The van der Waals surface area contributed by atoms with Crippen molar-refractivity contribution in [3.05, 3.63) is 64.0 Å². The number of aryl methyl sites for hydroxylation is 2. The average molecular weight is 539 g/mol. The largest absolute Gasteiger partial charge is 0.417 e. The second-order valence-corrected chi connectivity index (χ2v) is 10.5. The lowest BCUT2D eigenvalue weighted by Gasteiger charge is -2.44. The number of amides is 1. The molecule has 1 saturated carbocycles. The molecule has 0 bridgehead atoms. The Kier molecular flexibility index (Phi) is 7.78. The van der Waals surface area contributed by atoms with Crippen LogP contribution in [0.25, 0.3) is 0 Å². The Bertz CT molecular complexity index is 1350. The molecular formula is C30H29F3N2O4. The van der Waals surface area contributed by atoms with Crippen LogP contribution in [-0.2, 0) is 20.6 Å². The van der Waals surface area contributed by atoms with Crippen LogP contribution in [0.5, 0.6) is 0 Å². The highest BCUT2D eigenvalue weighted by Gasteiger charge is 2.48. The van der Waals surface area contributed by atoms with Crippen molar-refractivity contribution < 1.29 is 32.3 Å². The predicted molar refractivity (Wildman–Crippen MR) is 137 cm³/mol. The first-order chi connectivity index (χ1) is 18.3. The molecule has 0 atom stereocenters. The molecule has 2 aromatic rings. The summed E-state index contributed by atoms with van der Waals surface area (Å²) in [4.78, 5) is 56.9. The van der Waals surface area contributed by atoms with Gasteiger partial charge in [-0.25, -0.2) is 0 Å². The summed E-state index contributed by atoms with van der Waals surface area (Å²) >= 11 is 0. The molecule has 1 amide bonds. The van der Waals surface area contributed by atoms with Gasteiger partial charge in [-0.1, -0.05) is 5.92 Å². The minimum absolute atomic E-state index is 0.116. The number of pyridine rings is 1. The number of hydrogen-bond acceptors (Lipinski definition) is 5. The number of aromatic nitrogens is 1. The molecule has 2 heterocycles. The molecule has 1 aliphatic carbocycles. The molecule has 2 aliphatic rings. The molecule has 0 radical (unpaired) electrons. The number of piperidine rings is 1. The molecule has 1 aromatic carbocycles. The predicted octanol–water partition coefficient (Wildman–Crippen LogP) is 4.99. The molecule has 0 N–H and O–H groups in total. The van der Waals surface area contributed by atoms with Gasteiger partial charge in [0.1, 0.15) is 23.2 Å². The van der Waals surface area contributed by atoms with E-state index in [0.717, 1.165) is 34.4 Å². The third-order valence-electron chi connectivity index (χ3n) is 7.76. The minimum atomic E-state index is -4.57. The highest BCUT2D eigenvalue weighted by Crippen LogP contribution is 2.46. The van der Waals surface area contributed by atoms with Crippen molar-refractivity contribution in [2.75, 3.05) is 13.1 Å². The summed E-state index contributed by atoms with van der Waals surface area (Å²) in [6.45, 7) is 6.11. The SMILES string of the molecule is CC#Cc1cc(C)c(C2C(=O)CC3(CCN(C(=O)CC(=O)c4ccc(C(F)(F)F)cn4)CC3)CC2=O)c(C)c1. The number of ketones is 3. The maximum absolute atomic E-state index is 13.3. The summed E-state index contributed by atoms with van der Waals surface area (Å²) in [7, 11) is 0. The zero-order valence-electron chi connectivity index (χ0n) is 22.1. The van der Waals surface area contributed by atoms with Gasteiger partial charge in [-0.3, -0.25) is 24.2 Å². The summed E-state index contributed by atoms with van der Waals surface area (Å²) in [5.74, 6) is 3.72. The smallest absolute Gasteiger partial charge is 0.342 e. The van der Waals surface area contributed by atoms with E-state index in [1.54, 1.807) is 6.92 Å². The average Bonchev–Trinajstić information content (AvgIpc) is 2.85. The Hall–Kier alpha value is -3.80. The van der Waals surface area contributed by atoms with Crippen LogP contribution in [0.15, 0.2) is 30.5 Å². The van der Waals surface area contributed by atoms with E-state index in [1.165, 1.54) is 4.90 Å². The molecular weight excluding hydrogens is 509 g/mol. The molecule has 0 unspecified atom stereocenters. The van der Waals surface area contributed by atoms with Gasteiger partial charge >= 0.3 is 6.18 Å². The van der Waals surface area contributed by atoms with Crippen LogP contribution in [0.2, 0.25) is 0 Å². The van der Waals surface area contributed by atoms with Crippen LogP contribution in [-0.4, -0.2) is 46.2 Å². The van der Waals surface area contributed by atoms with Gasteiger partial charge in [-0.2, -0.15) is 13.2 Å². The number of carbonyl (C=O) groups excluding carboxylic acids is 4. The van der Waals surface area contributed by atoms with E-state index in [1.807, 2.05) is 26.0 Å². The fourth-order valence-electron chi connectivity index (χ4n) is 5.80. The highest BCUT2D eigenvalue weighted by molar-refractivity contribution is 6.11. The van der Waals surface area contributed by atoms with Gasteiger partial charge < -0.3 is 4.90 Å². The van der Waals surface area contributed by atoms with Gasteiger partial charge in [0, 0.05) is 37.7 Å². The van der Waals surface area contributed by atoms with E-state index < -0.39 is 41.2 Å². The number of likely N-dealkylation sites (tertiary alicyclic amines) is 1. The van der Waals surface area contributed by atoms with Crippen molar-refractivity contribution in [1.82, 2.24) is 9.88 Å². The lowest BCUT2D eigenvalue weighted by Crippen LogP contribution is -2.48. The molecule has 1 aliphatic heterocycles. The number of benzene rings is 1. The third-order valence-corrected chi connectivity index (χ3v) is 7.76. The van der Waals surface area contributed by atoms with Gasteiger partial charge in [0.05, 0.1) is 12.0 Å². The van der Waals surface area contributed by atoms with Gasteiger partial charge in [0.25, 0.3) is 0 Å². The lowest BCUT2D eigenvalue weighted by molar-refractivity contribution is -0.140. The number of nitrogens with zero attached hydrogens (tertiary/aromatic N) is 2. The van der Waals surface area contributed by atoms with E-state index in [-0.39, 0.29) is 30.1 Å². The fraction of sp³-hybridized carbons (Fsp3) is 0.433. The van der Waals surface area contributed by atoms with Crippen molar-refractivity contribution in [2.45, 2.75) is 65.0 Å². The maximum Gasteiger partial charge on any atom is 0.417 e. The normalized spacial score (nSPS) is 17.6. The van der Waals surface area contributed by atoms with Crippen molar-refractivity contribution >= 4 is 23.3 Å². The van der Waals surface area contributed by atoms with E-state index in [9.17, 15) is 32.3 Å². The van der Waals surface area contributed by atoms with Gasteiger partial charge in [0.2, 0.25) is 5.91 Å². The van der Waals surface area contributed by atoms with Crippen molar-refractivity contribution in [1.29, 1.82) is 0 Å². The minimum Gasteiger partial charge on any atom is -0.342 e. The number of hydrogen-bond donors (Lipinski definition) is 0. The Morgan fingerprint density at radius 3 is 2.13 bits per heavy atom. The zero-order chi connectivity index (χ0) is 28.5. The second kappa shape index (κ2) is 10.8. The Labute approximate surface area is 225 Å². The first-order valence-electron chi connectivity index (χ1n) is 12.8. The number of carbonyl (C=O) groups is 4. The number of Topliss-reactive ketones (excluding diaryl/α,β-unsaturated/α-hetero) is 3. The Morgan fingerprint density at radius 2 is 1.64 bits per heavy atom. The van der Waals surface area contributed by atoms with Gasteiger partial charge in [-0.15, -0.1) is 5.92 Å². The quantitative estimate of drug-likeness (QED) is 0.311. The van der Waals surface area contributed by atoms with Crippen LogP contribution < -0.4 is 0 Å². The van der Waals surface area contributed by atoms with E-state index >= 15 is 0 Å². The fourth-order valence-corrected chi connectivity index (χ4v) is 5.80. The topological polar surface area (TPSA) is 84.4 Å². The van der Waals surface area contributed by atoms with Crippen molar-refractivity contribution in [2.24, 2.45) is 5.41 Å². The molecule has 1 spiro atoms. The first kappa shape index (κ1) is 28.2. The summed E-state index contributed by atoms with van der Waals surface area (Å²) in [5, 5.41) is 0. The molecule has 4 rings (SSSR count). The molecule has 204 valence electrons. The van der Waals surface area contributed by atoms with E-state index in [0.29, 0.717) is 32.1 Å². The Balaban J connectivity index is 1.38. The molecule has 1 saturated heterocycles. The van der Waals surface area contributed by atoms with Crippen molar-refractivity contribution in [3.63, 3.8) is 0 Å². The Morgan fingerprint density at radius 1 is 1.05 bits per heavy atom. The summed E-state index contributed by atoms with van der Waals surface area (Å²) < 4.78 is 38.2. The molecule has 1 aromatic heterocycles. The standard InChI is InChI=1S/C30H29F3N2O4/c1-4-5-20-12-18(2)27(19(3)13-20)28-24(37)15-29(16-25(28)38)8-10-35(11-9-29)26(39)14-23(36)22-7-6-21(17-34-22)30(31,32)33/h6-7,12-13,17,28H,8-11,14-16H2,1-3H3. The third kappa shape index (κ3) is 5.95. The number of alkyl halides is 3. The molecule has 6 nitrogen and oxygen atoms in total. The van der Waals surface area contributed by atoms with Crippen molar-refractivity contribution in [3.8, 4) is 11.8 Å². The molecule has 2 fully saturated rings. The lowest BCUT2D eigenvalue weighted by atomic mass is 9.62. The monoisotopic (exact) mass is 538 g/mol. The first-order valence-corrected chi connectivity index (χ1v) is 12.8. The maximum atomic E-state index is 13.3.